The van der Waals surface area contributed by atoms with Crippen LogP contribution in [0.1, 0.15) is 37.2 Å². The number of anilines is 1. The lowest BCUT2D eigenvalue weighted by Gasteiger charge is -2.39. The maximum Gasteiger partial charge on any atom is 0.272 e. The third kappa shape index (κ3) is 4.27. The summed E-state index contributed by atoms with van der Waals surface area (Å²) in [6, 6.07) is 4.18. The molecule has 1 saturated carbocycles. The SMILES string of the molecule is CC1=CC2N=CC([C@@H](C)N3CCN(c4ccc(C(=O)NC5CC5)nc4)CC3)=CC2=NC1=O. The number of aromatic nitrogens is 1. The Hall–Kier alpha value is -3.13. The summed E-state index contributed by atoms with van der Waals surface area (Å²) in [5.74, 6) is -0.257. The predicted molar refractivity (Wildman–Crippen MR) is 125 cm³/mol. The van der Waals surface area contributed by atoms with E-state index in [0.717, 1.165) is 56.0 Å². The third-order valence-electron chi connectivity index (χ3n) is 6.58. The summed E-state index contributed by atoms with van der Waals surface area (Å²) in [4.78, 5) is 42.0. The lowest BCUT2D eigenvalue weighted by Crippen LogP contribution is -2.50. The van der Waals surface area contributed by atoms with E-state index in [0.29, 0.717) is 17.3 Å². The van der Waals surface area contributed by atoms with E-state index < -0.39 is 0 Å². The van der Waals surface area contributed by atoms with Crippen molar-refractivity contribution in [3.05, 3.63) is 47.3 Å². The zero-order valence-electron chi connectivity index (χ0n) is 18.5. The van der Waals surface area contributed by atoms with E-state index in [9.17, 15) is 9.59 Å². The fourth-order valence-corrected chi connectivity index (χ4v) is 4.28. The van der Waals surface area contributed by atoms with Gasteiger partial charge in [-0.1, -0.05) is 0 Å². The van der Waals surface area contributed by atoms with Gasteiger partial charge in [-0.05, 0) is 56.5 Å². The molecule has 8 nitrogen and oxygen atoms in total. The molecule has 32 heavy (non-hydrogen) atoms. The number of aliphatic imine (C=N–C) groups is 2. The number of amides is 2. The monoisotopic (exact) mass is 432 g/mol. The third-order valence-corrected chi connectivity index (χ3v) is 6.58. The molecule has 1 N–H and O–H groups in total. The molecule has 0 aromatic carbocycles. The van der Waals surface area contributed by atoms with Gasteiger partial charge in [-0.2, -0.15) is 0 Å². The zero-order chi connectivity index (χ0) is 22.2. The van der Waals surface area contributed by atoms with Crippen LogP contribution in [-0.2, 0) is 4.79 Å². The highest BCUT2D eigenvalue weighted by Crippen LogP contribution is 2.23. The molecule has 1 aliphatic carbocycles. The van der Waals surface area contributed by atoms with E-state index >= 15 is 0 Å². The molecule has 4 heterocycles. The summed E-state index contributed by atoms with van der Waals surface area (Å²) < 4.78 is 0. The minimum Gasteiger partial charge on any atom is -0.368 e. The molecule has 0 radical (unpaired) electrons. The first-order chi connectivity index (χ1) is 15.5. The summed E-state index contributed by atoms with van der Waals surface area (Å²) in [5.41, 5.74) is 3.99. The Morgan fingerprint density at radius 3 is 2.66 bits per heavy atom. The van der Waals surface area contributed by atoms with Crippen molar-refractivity contribution in [1.82, 2.24) is 15.2 Å². The van der Waals surface area contributed by atoms with Gasteiger partial charge >= 0.3 is 0 Å². The summed E-state index contributed by atoms with van der Waals surface area (Å²) in [7, 11) is 0. The second kappa shape index (κ2) is 8.43. The van der Waals surface area contributed by atoms with E-state index in [1.807, 2.05) is 30.5 Å². The van der Waals surface area contributed by atoms with Crippen LogP contribution in [0.15, 0.2) is 51.6 Å². The van der Waals surface area contributed by atoms with Crippen molar-refractivity contribution in [2.45, 2.75) is 44.8 Å². The minimum atomic E-state index is -0.171. The smallest absolute Gasteiger partial charge is 0.272 e. The summed E-state index contributed by atoms with van der Waals surface area (Å²) in [5, 5.41) is 2.97. The minimum absolute atomic E-state index is 0.0859. The molecule has 5 rings (SSSR count). The number of hydrogen-bond donors (Lipinski definition) is 1. The fraction of sp³-hybridized carbons (Fsp3) is 0.458. The summed E-state index contributed by atoms with van der Waals surface area (Å²) in [6.45, 7) is 7.54. The van der Waals surface area contributed by atoms with Crippen LogP contribution >= 0.6 is 0 Å². The van der Waals surface area contributed by atoms with Crippen LogP contribution in [0.3, 0.4) is 0 Å². The Kier molecular flexibility index (Phi) is 5.46. The van der Waals surface area contributed by atoms with Gasteiger partial charge in [0.2, 0.25) is 0 Å². The van der Waals surface area contributed by atoms with Gasteiger partial charge in [-0.15, -0.1) is 0 Å². The number of pyridine rings is 1. The quantitative estimate of drug-likeness (QED) is 0.766. The van der Waals surface area contributed by atoms with Gasteiger partial charge in [0, 0.05) is 50.1 Å². The molecule has 1 aromatic heterocycles. The number of carbonyl (C=O) groups is 2. The molecule has 1 aromatic rings. The lowest BCUT2D eigenvalue weighted by atomic mass is 9.96. The first kappa shape index (κ1) is 20.8. The Morgan fingerprint density at radius 2 is 1.97 bits per heavy atom. The Labute approximate surface area is 187 Å². The second-order valence-corrected chi connectivity index (χ2v) is 8.91. The average Bonchev–Trinajstić information content (AvgIpc) is 3.63. The number of hydrogen-bond acceptors (Lipinski definition) is 6. The Balaban J connectivity index is 1.18. The van der Waals surface area contributed by atoms with Crippen LogP contribution in [0.4, 0.5) is 5.69 Å². The zero-order valence-corrected chi connectivity index (χ0v) is 18.5. The summed E-state index contributed by atoms with van der Waals surface area (Å²) in [6.07, 6.45) is 9.76. The van der Waals surface area contributed by atoms with Crippen molar-refractivity contribution in [3.63, 3.8) is 0 Å². The van der Waals surface area contributed by atoms with Crippen molar-refractivity contribution in [3.8, 4) is 0 Å². The van der Waals surface area contributed by atoms with Gasteiger partial charge in [-0.3, -0.25) is 19.5 Å². The van der Waals surface area contributed by atoms with Crippen molar-refractivity contribution < 1.29 is 9.59 Å². The maximum atomic E-state index is 12.1. The molecule has 2 atom stereocenters. The average molecular weight is 433 g/mol. The van der Waals surface area contributed by atoms with Crippen molar-refractivity contribution in [1.29, 1.82) is 0 Å². The molecule has 4 aliphatic rings. The number of carbonyl (C=O) groups excluding carboxylic acids is 2. The highest BCUT2D eigenvalue weighted by atomic mass is 16.2. The van der Waals surface area contributed by atoms with Gasteiger partial charge in [0.15, 0.2) is 0 Å². The number of dihydropyridines is 2. The molecule has 2 fully saturated rings. The van der Waals surface area contributed by atoms with Gasteiger partial charge in [-0.25, -0.2) is 9.98 Å². The van der Waals surface area contributed by atoms with Crippen molar-refractivity contribution in [2.75, 3.05) is 31.1 Å². The number of nitrogens with zero attached hydrogens (tertiary/aromatic N) is 5. The first-order valence-corrected chi connectivity index (χ1v) is 11.3. The molecule has 3 aliphatic heterocycles. The predicted octanol–water partition coefficient (Wildman–Crippen LogP) is 1.79. The number of piperazine rings is 1. The molecule has 1 saturated heterocycles. The molecule has 166 valence electrons. The van der Waals surface area contributed by atoms with E-state index in [1.165, 1.54) is 0 Å². The van der Waals surface area contributed by atoms with E-state index in [-0.39, 0.29) is 23.9 Å². The van der Waals surface area contributed by atoms with Gasteiger partial charge in [0.1, 0.15) is 11.7 Å². The van der Waals surface area contributed by atoms with Crippen LogP contribution in [0.2, 0.25) is 0 Å². The van der Waals surface area contributed by atoms with E-state index in [4.69, 9.17) is 0 Å². The maximum absolute atomic E-state index is 12.1. The number of rotatable bonds is 5. The highest BCUT2D eigenvalue weighted by molar-refractivity contribution is 6.16. The molecule has 0 bridgehead atoms. The van der Waals surface area contributed by atoms with Gasteiger partial charge in [0.05, 0.1) is 17.6 Å². The Bertz CT molecular complexity index is 1040. The van der Waals surface area contributed by atoms with Crippen LogP contribution < -0.4 is 10.2 Å². The van der Waals surface area contributed by atoms with Crippen LogP contribution in [-0.4, -0.2) is 77.9 Å². The lowest BCUT2D eigenvalue weighted by molar-refractivity contribution is -0.114. The first-order valence-electron chi connectivity index (χ1n) is 11.3. The highest BCUT2D eigenvalue weighted by Gasteiger charge is 2.28. The van der Waals surface area contributed by atoms with Crippen molar-refractivity contribution >= 4 is 29.4 Å². The molecule has 2 amide bonds. The molecule has 0 spiro atoms. The number of fused-ring (bicyclic) bond motifs is 1. The largest absolute Gasteiger partial charge is 0.368 e. The number of nitrogens with one attached hydrogen (secondary N) is 1. The second-order valence-electron chi connectivity index (χ2n) is 8.91. The van der Waals surface area contributed by atoms with Gasteiger partial charge < -0.3 is 10.2 Å². The molecule has 8 heteroatoms. The van der Waals surface area contributed by atoms with E-state index in [1.54, 1.807) is 13.1 Å². The normalized spacial score (nSPS) is 24.3. The van der Waals surface area contributed by atoms with Crippen LogP contribution in [0.25, 0.3) is 0 Å². The molecular formula is C24H28N6O2. The topological polar surface area (TPSA) is 90.3 Å². The van der Waals surface area contributed by atoms with Crippen LogP contribution in [0.5, 0.6) is 0 Å². The Morgan fingerprint density at radius 1 is 1.19 bits per heavy atom. The molecule has 1 unspecified atom stereocenters. The van der Waals surface area contributed by atoms with Crippen LogP contribution in [0, 0.1) is 0 Å². The summed E-state index contributed by atoms with van der Waals surface area (Å²) >= 11 is 0. The van der Waals surface area contributed by atoms with E-state index in [2.05, 4.69) is 37.0 Å². The fourth-order valence-electron chi connectivity index (χ4n) is 4.28. The standard InChI is InChI=1S/C24H28N6O2/c1-15-11-21-22(28-23(15)31)12-17(13-25-21)16(2)29-7-9-30(10-8-29)19-5-6-20(26-14-19)24(32)27-18-3-4-18/h5-6,11-14,16,18,21H,3-4,7-10H2,1-2H3,(H,27,32)/t16-,21?/m1/s1. The van der Waals surface area contributed by atoms with Crippen molar-refractivity contribution in [2.24, 2.45) is 9.98 Å². The molecular weight excluding hydrogens is 404 g/mol. The van der Waals surface area contributed by atoms with Gasteiger partial charge in [0.25, 0.3) is 11.8 Å².